The zero-order chi connectivity index (χ0) is 19.5. The first kappa shape index (κ1) is 18.9. The number of halogens is 1. The number of carbonyl (C=O) groups excluding carboxylic acids is 1. The number of carbonyl (C=O) groups is 1. The zero-order valence-corrected chi connectivity index (χ0v) is 16.2. The molecule has 150 valence electrons. The summed E-state index contributed by atoms with van der Waals surface area (Å²) in [5, 5.41) is 0.776. The first-order chi connectivity index (χ1) is 13.7. The van der Waals surface area contributed by atoms with Gasteiger partial charge >= 0.3 is 0 Å². The molecule has 0 atom stereocenters. The number of piperidine rings is 1. The minimum atomic E-state index is -0.430. The maximum absolute atomic E-state index is 14.0. The van der Waals surface area contributed by atoms with Crippen molar-refractivity contribution in [2.24, 2.45) is 0 Å². The first-order valence-electron chi connectivity index (χ1n) is 9.89. The molecule has 1 aromatic heterocycles. The van der Waals surface area contributed by atoms with Gasteiger partial charge in [0.2, 0.25) is 5.91 Å². The summed E-state index contributed by atoms with van der Waals surface area (Å²) in [4.78, 5) is 27.5. The van der Waals surface area contributed by atoms with Gasteiger partial charge in [0.05, 0.1) is 19.2 Å². The lowest BCUT2D eigenvalue weighted by Gasteiger charge is -2.36. The summed E-state index contributed by atoms with van der Waals surface area (Å²) in [5.74, 6) is 0.779. The highest BCUT2D eigenvalue weighted by Crippen LogP contribution is 2.29. The van der Waals surface area contributed by atoms with Crippen molar-refractivity contribution in [2.75, 3.05) is 57.8 Å². The summed E-state index contributed by atoms with van der Waals surface area (Å²) >= 11 is 0. The molecule has 28 heavy (non-hydrogen) atoms. The van der Waals surface area contributed by atoms with Crippen LogP contribution in [-0.4, -0.2) is 78.6 Å². The van der Waals surface area contributed by atoms with Crippen molar-refractivity contribution in [3.63, 3.8) is 0 Å². The summed E-state index contributed by atoms with van der Waals surface area (Å²) in [6.45, 7) is 5.39. The second-order valence-corrected chi connectivity index (χ2v) is 7.41. The van der Waals surface area contributed by atoms with Gasteiger partial charge in [-0.3, -0.25) is 9.69 Å². The van der Waals surface area contributed by atoms with Crippen molar-refractivity contribution in [1.82, 2.24) is 19.8 Å². The second kappa shape index (κ2) is 8.26. The van der Waals surface area contributed by atoms with Crippen molar-refractivity contribution in [3.05, 3.63) is 24.3 Å². The molecule has 4 rings (SSSR count). The molecule has 2 saturated heterocycles. The number of rotatable bonds is 4. The van der Waals surface area contributed by atoms with Crippen molar-refractivity contribution in [1.29, 1.82) is 0 Å². The highest BCUT2D eigenvalue weighted by molar-refractivity contribution is 5.90. The Morgan fingerprint density at radius 1 is 1.07 bits per heavy atom. The third-order valence-electron chi connectivity index (χ3n) is 5.63. The molecule has 2 aromatic rings. The largest absolute Gasteiger partial charge is 0.494 e. The summed E-state index contributed by atoms with van der Waals surface area (Å²) in [7, 11) is 1.45. The predicted octanol–water partition coefficient (Wildman–Crippen LogP) is 1.91. The minimum absolute atomic E-state index is 0.189. The molecule has 2 aliphatic rings. The van der Waals surface area contributed by atoms with Gasteiger partial charge in [-0.2, -0.15) is 0 Å². The van der Waals surface area contributed by atoms with Crippen molar-refractivity contribution < 1.29 is 13.9 Å². The Morgan fingerprint density at radius 2 is 1.82 bits per heavy atom. The molecule has 3 heterocycles. The van der Waals surface area contributed by atoms with E-state index in [-0.39, 0.29) is 11.7 Å². The average molecular weight is 387 g/mol. The highest BCUT2D eigenvalue weighted by Gasteiger charge is 2.24. The molecule has 0 saturated carbocycles. The number of likely N-dealkylation sites (tertiary alicyclic amines) is 1. The van der Waals surface area contributed by atoms with E-state index in [0.29, 0.717) is 12.1 Å². The Hall–Kier alpha value is -2.48. The molecule has 1 amide bonds. The van der Waals surface area contributed by atoms with Crippen LogP contribution in [-0.2, 0) is 4.79 Å². The Kier molecular flexibility index (Phi) is 5.57. The number of hydrogen-bond donors (Lipinski definition) is 0. The number of hydrogen-bond acceptors (Lipinski definition) is 6. The number of amides is 1. The molecule has 2 fully saturated rings. The lowest BCUT2D eigenvalue weighted by atomic mass is 10.1. The van der Waals surface area contributed by atoms with Gasteiger partial charge < -0.3 is 14.5 Å². The number of benzene rings is 1. The molecule has 0 radical (unpaired) electrons. The average Bonchev–Trinajstić information content (AvgIpc) is 2.74. The fraction of sp³-hybridized carbons (Fsp3) is 0.550. The molecular weight excluding hydrogens is 361 g/mol. The van der Waals surface area contributed by atoms with Crippen LogP contribution in [0.1, 0.15) is 19.3 Å². The van der Waals surface area contributed by atoms with Crippen LogP contribution < -0.4 is 9.64 Å². The van der Waals surface area contributed by atoms with Crippen LogP contribution in [0.25, 0.3) is 10.9 Å². The van der Waals surface area contributed by atoms with E-state index in [1.54, 1.807) is 6.07 Å². The highest BCUT2D eigenvalue weighted by atomic mass is 19.1. The van der Waals surface area contributed by atoms with Gasteiger partial charge in [-0.05, 0) is 25.3 Å². The van der Waals surface area contributed by atoms with E-state index < -0.39 is 5.82 Å². The van der Waals surface area contributed by atoms with Crippen LogP contribution in [0.5, 0.6) is 5.75 Å². The van der Waals surface area contributed by atoms with Crippen LogP contribution >= 0.6 is 0 Å². The smallest absolute Gasteiger partial charge is 0.236 e. The van der Waals surface area contributed by atoms with Gasteiger partial charge in [0, 0.05) is 50.7 Å². The summed E-state index contributed by atoms with van der Waals surface area (Å²) < 4.78 is 19.1. The Bertz CT molecular complexity index is 848. The number of piperazine rings is 1. The van der Waals surface area contributed by atoms with E-state index in [4.69, 9.17) is 4.74 Å². The topological polar surface area (TPSA) is 61.8 Å². The van der Waals surface area contributed by atoms with Crippen LogP contribution in [0.2, 0.25) is 0 Å². The number of fused-ring (bicyclic) bond motifs is 1. The zero-order valence-electron chi connectivity index (χ0n) is 16.2. The van der Waals surface area contributed by atoms with Gasteiger partial charge in [0.15, 0.2) is 11.6 Å². The predicted molar refractivity (Wildman–Crippen MR) is 105 cm³/mol. The first-order valence-corrected chi connectivity index (χ1v) is 9.89. The third kappa shape index (κ3) is 3.87. The van der Waals surface area contributed by atoms with Crippen molar-refractivity contribution in [2.45, 2.75) is 19.3 Å². The number of nitrogens with zero attached hydrogens (tertiary/aromatic N) is 5. The Morgan fingerprint density at radius 3 is 2.54 bits per heavy atom. The summed E-state index contributed by atoms with van der Waals surface area (Å²) in [5.41, 5.74) is 0.561. The van der Waals surface area contributed by atoms with E-state index in [9.17, 15) is 9.18 Å². The number of methoxy groups -OCH3 is 1. The van der Waals surface area contributed by atoms with E-state index >= 15 is 0 Å². The molecule has 0 unspecified atom stereocenters. The molecule has 0 bridgehead atoms. The van der Waals surface area contributed by atoms with Gasteiger partial charge in [0.25, 0.3) is 0 Å². The number of ether oxygens (including phenoxy) is 1. The molecule has 0 aliphatic carbocycles. The monoisotopic (exact) mass is 387 g/mol. The maximum Gasteiger partial charge on any atom is 0.236 e. The molecule has 7 nitrogen and oxygen atoms in total. The van der Waals surface area contributed by atoms with Gasteiger partial charge in [-0.15, -0.1) is 0 Å². The molecule has 0 N–H and O–H groups in total. The van der Waals surface area contributed by atoms with Gasteiger partial charge in [0.1, 0.15) is 12.1 Å². The number of aromatic nitrogens is 2. The SMILES string of the molecule is COc1cc2c(N3CCN(CC(=O)N4CCCCC4)CC3)ncnc2cc1F. The van der Waals surface area contributed by atoms with Gasteiger partial charge in [-0.25, -0.2) is 14.4 Å². The lowest BCUT2D eigenvalue weighted by Crippen LogP contribution is -2.51. The molecule has 8 heteroatoms. The molecular formula is C20H26FN5O2. The summed E-state index contributed by atoms with van der Waals surface area (Å²) in [6.07, 6.45) is 4.93. The fourth-order valence-corrected chi connectivity index (χ4v) is 4.00. The van der Waals surface area contributed by atoms with Crippen molar-refractivity contribution >= 4 is 22.6 Å². The maximum atomic E-state index is 14.0. The van der Waals surface area contributed by atoms with Crippen LogP contribution in [0, 0.1) is 5.82 Å². The second-order valence-electron chi connectivity index (χ2n) is 7.41. The quantitative estimate of drug-likeness (QED) is 0.799. The minimum Gasteiger partial charge on any atom is -0.494 e. The Balaban J connectivity index is 1.43. The van der Waals surface area contributed by atoms with E-state index in [0.717, 1.165) is 63.3 Å². The standard InChI is InChI=1S/C20H26FN5O2/c1-28-18-11-15-17(12-16(18)21)22-14-23-20(15)26-9-7-24(8-10-26)13-19(27)25-5-3-2-4-6-25/h11-12,14H,2-10,13H2,1H3. The summed E-state index contributed by atoms with van der Waals surface area (Å²) in [6, 6.07) is 3.04. The normalized spacial score (nSPS) is 18.5. The third-order valence-corrected chi connectivity index (χ3v) is 5.63. The molecule has 0 spiro atoms. The van der Waals surface area contributed by atoms with E-state index in [2.05, 4.69) is 19.8 Å². The van der Waals surface area contributed by atoms with Gasteiger partial charge in [-0.1, -0.05) is 0 Å². The van der Waals surface area contributed by atoms with Crippen LogP contribution in [0.3, 0.4) is 0 Å². The molecule has 1 aromatic carbocycles. The van der Waals surface area contributed by atoms with E-state index in [1.165, 1.54) is 25.9 Å². The lowest BCUT2D eigenvalue weighted by molar-refractivity contribution is -0.133. The molecule has 2 aliphatic heterocycles. The van der Waals surface area contributed by atoms with Crippen LogP contribution in [0.15, 0.2) is 18.5 Å². The van der Waals surface area contributed by atoms with Crippen molar-refractivity contribution in [3.8, 4) is 5.75 Å². The number of anilines is 1. The van der Waals surface area contributed by atoms with E-state index in [1.807, 2.05) is 4.90 Å². The fourth-order valence-electron chi connectivity index (χ4n) is 4.00. The Labute approximate surface area is 164 Å². The van der Waals surface area contributed by atoms with Crippen LogP contribution in [0.4, 0.5) is 10.2 Å².